The van der Waals surface area contributed by atoms with Crippen LogP contribution >= 0.6 is 0 Å². The SMILES string of the molecule is O=COC(=O)C1CCCC2CCCC(C(=O)O)C21. The minimum atomic E-state index is -0.824. The van der Waals surface area contributed by atoms with Gasteiger partial charge in [0.15, 0.2) is 0 Å². The molecule has 0 aliphatic heterocycles. The molecule has 4 atom stereocenters. The molecule has 2 aliphatic carbocycles. The van der Waals surface area contributed by atoms with E-state index in [1.165, 1.54) is 0 Å². The molecule has 0 spiro atoms. The largest absolute Gasteiger partial charge is 0.481 e. The predicted octanol–water partition coefficient (Wildman–Crippen LogP) is 1.60. The smallest absolute Gasteiger partial charge is 0.316 e. The fourth-order valence-corrected chi connectivity index (χ4v) is 3.75. The molecule has 2 aliphatic rings. The van der Waals surface area contributed by atoms with Crippen LogP contribution in [0.5, 0.6) is 0 Å². The maximum Gasteiger partial charge on any atom is 0.316 e. The van der Waals surface area contributed by atoms with Crippen molar-refractivity contribution in [1.29, 1.82) is 0 Å². The van der Waals surface area contributed by atoms with Crippen molar-refractivity contribution in [3.63, 3.8) is 0 Å². The van der Waals surface area contributed by atoms with Crippen molar-refractivity contribution in [2.75, 3.05) is 0 Å². The van der Waals surface area contributed by atoms with Crippen LogP contribution < -0.4 is 0 Å². The average molecular weight is 254 g/mol. The molecule has 5 heteroatoms. The van der Waals surface area contributed by atoms with Crippen LogP contribution in [0.15, 0.2) is 0 Å². The summed E-state index contributed by atoms with van der Waals surface area (Å²) in [5.74, 6) is -2.12. The van der Waals surface area contributed by atoms with Crippen LogP contribution in [0.4, 0.5) is 0 Å². The number of carboxylic acids is 1. The summed E-state index contributed by atoms with van der Waals surface area (Å²) in [5.41, 5.74) is 0. The molecule has 0 aromatic carbocycles. The highest BCUT2D eigenvalue weighted by atomic mass is 16.6. The summed E-state index contributed by atoms with van der Waals surface area (Å²) in [6.07, 6.45) is 5.05. The molecule has 0 bridgehead atoms. The van der Waals surface area contributed by atoms with E-state index in [1.807, 2.05) is 0 Å². The lowest BCUT2D eigenvalue weighted by Crippen LogP contribution is -2.44. The predicted molar refractivity (Wildman–Crippen MR) is 61.5 cm³/mol. The summed E-state index contributed by atoms with van der Waals surface area (Å²) in [4.78, 5) is 33.4. The van der Waals surface area contributed by atoms with Gasteiger partial charge in [-0.15, -0.1) is 0 Å². The van der Waals surface area contributed by atoms with Crippen molar-refractivity contribution in [3.05, 3.63) is 0 Å². The second-order valence-corrected chi connectivity index (χ2v) is 5.28. The Labute approximate surface area is 105 Å². The quantitative estimate of drug-likeness (QED) is 0.470. The van der Waals surface area contributed by atoms with Crippen LogP contribution in [-0.2, 0) is 19.1 Å². The van der Waals surface area contributed by atoms with Gasteiger partial charge >= 0.3 is 18.4 Å². The number of carbonyl (C=O) groups excluding carboxylic acids is 2. The lowest BCUT2D eigenvalue weighted by molar-refractivity contribution is -0.162. The van der Waals surface area contributed by atoms with Gasteiger partial charge in [0.1, 0.15) is 0 Å². The van der Waals surface area contributed by atoms with E-state index in [9.17, 15) is 19.5 Å². The summed E-state index contributed by atoms with van der Waals surface area (Å²) in [6, 6.07) is 0. The summed E-state index contributed by atoms with van der Waals surface area (Å²) in [7, 11) is 0. The van der Waals surface area contributed by atoms with Gasteiger partial charge in [-0.05, 0) is 24.7 Å². The van der Waals surface area contributed by atoms with Gasteiger partial charge < -0.3 is 9.84 Å². The van der Waals surface area contributed by atoms with Gasteiger partial charge in [0.25, 0.3) is 0 Å². The molecule has 0 radical (unpaired) electrons. The average Bonchev–Trinajstić information content (AvgIpc) is 2.37. The molecule has 18 heavy (non-hydrogen) atoms. The number of carboxylic acid groups (broad SMARTS) is 1. The molecule has 2 rings (SSSR count). The van der Waals surface area contributed by atoms with Gasteiger partial charge in [0.2, 0.25) is 0 Å². The fourth-order valence-electron chi connectivity index (χ4n) is 3.75. The van der Waals surface area contributed by atoms with E-state index >= 15 is 0 Å². The number of hydrogen-bond donors (Lipinski definition) is 1. The molecule has 0 aromatic rings. The van der Waals surface area contributed by atoms with E-state index in [0.717, 1.165) is 25.7 Å². The van der Waals surface area contributed by atoms with Gasteiger partial charge in [-0.3, -0.25) is 14.4 Å². The Bertz CT molecular complexity index is 349. The Morgan fingerprint density at radius 2 is 1.67 bits per heavy atom. The second kappa shape index (κ2) is 5.50. The van der Waals surface area contributed by atoms with Crippen LogP contribution in [-0.4, -0.2) is 23.5 Å². The van der Waals surface area contributed by atoms with E-state index in [-0.39, 0.29) is 18.3 Å². The van der Waals surface area contributed by atoms with Crippen molar-refractivity contribution in [1.82, 2.24) is 0 Å². The molecule has 5 nitrogen and oxygen atoms in total. The highest BCUT2D eigenvalue weighted by Crippen LogP contribution is 2.47. The van der Waals surface area contributed by atoms with Crippen LogP contribution in [0, 0.1) is 23.7 Å². The number of carbonyl (C=O) groups is 3. The number of rotatable bonds is 3. The van der Waals surface area contributed by atoms with Crippen molar-refractivity contribution in [2.24, 2.45) is 23.7 Å². The zero-order valence-electron chi connectivity index (χ0n) is 10.2. The molecule has 0 amide bonds. The van der Waals surface area contributed by atoms with E-state index in [0.29, 0.717) is 12.8 Å². The third-order valence-electron chi connectivity index (χ3n) is 4.44. The van der Waals surface area contributed by atoms with Crippen LogP contribution in [0.1, 0.15) is 38.5 Å². The monoisotopic (exact) mass is 254 g/mol. The number of hydrogen-bond acceptors (Lipinski definition) is 4. The van der Waals surface area contributed by atoms with Gasteiger partial charge in [-0.25, -0.2) is 0 Å². The van der Waals surface area contributed by atoms with Crippen molar-refractivity contribution in [2.45, 2.75) is 38.5 Å². The van der Waals surface area contributed by atoms with Crippen LogP contribution in [0.2, 0.25) is 0 Å². The lowest BCUT2D eigenvalue weighted by Gasteiger charge is -2.43. The Morgan fingerprint density at radius 3 is 2.22 bits per heavy atom. The third kappa shape index (κ3) is 2.40. The Kier molecular flexibility index (Phi) is 3.99. The summed E-state index contributed by atoms with van der Waals surface area (Å²) in [5, 5.41) is 9.28. The molecule has 2 saturated carbocycles. The normalized spacial score (nSPS) is 35.3. The van der Waals surface area contributed by atoms with Crippen molar-refractivity contribution in [3.8, 4) is 0 Å². The number of aliphatic carboxylic acids is 1. The summed E-state index contributed by atoms with van der Waals surface area (Å²) >= 11 is 0. The van der Waals surface area contributed by atoms with E-state index < -0.39 is 23.8 Å². The second-order valence-electron chi connectivity index (χ2n) is 5.28. The molecule has 100 valence electrons. The maximum absolute atomic E-state index is 11.8. The van der Waals surface area contributed by atoms with E-state index in [4.69, 9.17) is 0 Å². The Hall–Kier alpha value is -1.39. The maximum atomic E-state index is 11.8. The molecular weight excluding hydrogens is 236 g/mol. The molecule has 0 saturated heterocycles. The summed E-state index contributed by atoms with van der Waals surface area (Å²) < 4.78 is 4.45. The van der Waals surface area contributed by atoms with Gasteiger partial charge in [-0.1, -0.05) is 25.7 Å². The molecule has 1 N–H and O–H groups in total. The van der Waals surface area contributed by atoms with Crippen molar-refractivity contribution >= 4 is 18.4 Å². The van der Waals surface area contributed by atoms with E-state index in [1.54, 1.807) is 0 Å². The van der Waals surface area contributed by atoms with Crippen LogP contribution in [0.3, 0.4) is 0 Å². The minimum Gasteiger partial charge on any atom is -0.481 e. The zero-order valence-corrected chi connectivity index (χ0v) is 10.2. The first-order valence-corrected chi connectivity index (χ1v) is 6.52. The van der Waals surface area contributed by atoms with Gasteiger partial charge in [-0.2, -0.15) is 0 Å². The van der Waals surface area contributed by atoms with Gasteiger partial charge in [0.05, 0.1) is 11.8 Å². The summed E-state index contributed by atoms with van der Waals surface area (Å²) in [6.45, 7) is 0.143. The van der Waals surface area contributed by atoms with E-state index in [2.05, 4.69) is 4.74 Å². The highest BCUT2D eigenvalue weighted by molar-refractivity contribution is 5.80. The minimum absolute atomic E-state index is 0.143. The molecular formula is C13H18O5. The lowest BCUT2D eigenvalue weighted by atomic mass is 9.61. The van der Waals surface area contributed by atoms with Crippen LogP contribution in [0.25, 0.3) is 0 Å². The first kappa shape index (κ1) is 13.1. The topological polar surface area (TPSA) is 80.7 Å². The zero-order chi connectivity index (χ0) is 13.1. The Morgan fingerprint density at radius 1 is 1.06 bits per heavy atom. The Balaban J connectivity index is 2.20. The van der Waals surface area contributed by atoms with Crippen molar-refractivity contribution < 1.29 is 24.2 Å². The molecule has 0 heterocycles. The number of esters is 1. The first-order valence-electron chi connectivity index (χ1n) is 6.52. The number of ether oxygens (including phenoxy) is 1. The number of fused-ring (bicyclic) bond motifs is 1. The highest BCUT2D eigenvalue weighted by Gasteiger charge is 2.46. The standard InChI is InChI=1S/C13H18O5/c14-7-18-13(17)10-6-2-4-8-3-1-5-9(11(8)10)12(15)16/h7-11H,1-6H2,(H,15,16). The fraction of sp³-hybridized carbons (Fsp3) is 0.769. The molecule has 4 unspecified atom stereocenters. The molecule has 0 aromatic heterocycles. The first-order chi connectivity index (χ1) is 8.65. The van der Waals surface area contributed by atoms with Gasteiger partial charge in [0, 0.05) is 0 Å². The molecule has 2 fully saturated rings. The third-order valence-corrected chi connectivity index (χ3v) is 4.44.